The summed E-state index contributed by atoms with van der Waals surface area (Å²) in [6, 6.07) is 9.79. The maximum Gasteiger partial charge on any atom is 0.152 e. The molecule has 14 heavy (non-hydrogen) atoms. The second-order valence-electron chi connectivity index (χ2n) is 4.47. The van der Waals surface area contributed by atoms with E-state index in [-0.39, 0.29) is 0 Å². The molecule has 1 saturated carbocycles. The van der Waals surface area contributed by atoms with Crippen LogP contribution < -0.4 is 0 Å². The van der Waals surface area contributed by atoms with E-state index in [9.17, 15) is 4.55 Å². The summed E-state index contributed by atoms with van der Waals surface area (Å²) in [5.41, 5.74) is 0.348. The van der Waals surface area contributed by atoms with Gasteiger partial charge in [-0.2, -0.15) is 0 Å². The minimum atomic E-state index is -0.801. The maximum atomic E-state index is 12.0. The Morgan fingerprint density at radius 3 is 2.43 bits per heavy atom. The van der Waals surface area contributed by atoms with Crippen molar-refractivity contribution in [3.63, 3.8) is 0 Å². The molecule has 2 heteroatoms. The van der Waals surface area contributed by atoms with E-state index in [1.165, 1.54) is 19.3 Å². The fraction of sp³-hybridized carbons (Fsp3) is 0.500. The van der Waals surface area contributed by atoms with Gasteiger partial charge in [-0.1, -0.05) is 31.5 Å². The minimum absolute atomic E-state index is 0.348. The zero-order valence-corrected chi connectivity index (χ0v) is 9.35. The molecule has 1 aliphatic rings. The highest BCUT2D eigenvalue weighted by Gasteiger charge is 2.36. The quantitative estimate of drug-likeness (QED) is 0.700. The average Bonchev–Trinajstić information content (AvgIpc) is 2.17. The molecule has 1 aliphatic carbocycles. The van der Waals surface area contributed by atoms with Gasteiger partial charge >= 0.3 is 0 Å². The van der Waals surface area contributed by atoms with Crippen LogP contribution in [0.15, 0.2) is 35.2 Å². The molecule has 1 fully saturated rings. The van der Waals surface area contributed by atoms with Crippen molar-refractivity contribution < 1.29 is 4.55 Å². The van der Waals surface area contributed by atoms with Gasteiger partial charge in [0.15, 0.2) is 4.90 Å². The molecule has 0 spiro atoms. The van der Waals surface area contributed by atoms with Crippen molar-refractivity contribution in [2.45, 2.75) is 31.1 Å². The lowest BCUT2D eigenvalue weighted by Crippen LogP contribution is -2.33. The third kappa shape index (κ3) is 2.12. The Kier molecular flexibility index (Phi) is 2.84. The van der Waals surface area contributed by atoms with Gasteiger partial charge in [-0.25, -0.2) is 0 Å². The largest absolute Gasteiger partial charge is 0.611 e. The summed E-state index contributed by atoms with van der Waals surface area (Å²) in [7, 11) is 0. The monoisotopic (exact) mass is 208 g/mol. The van der Waals surface area contributed by atoms with Crippen molar-refractivity contribution in [1.82, 2.24) is 0 Å². The highest BCUT2D eigenvalue weighted by atomic mass is 32.2. The van der Waals surface area contributed by atoms with Gasteiger partial charge in [0.05, 0.1) is 0 Å². The Morgan fingerprint density at radius 2 is 1.93 bits per heavy atom. The highest BCUT2D eigenvalue weighted by Crippen LogP contribution is 2.42. The van der Waals surface area contributed by atoms with E-state index in [1.807, 2.05) is 30.3 Å². The first kappa shape index (κ1) is 10.1. The van der Waals surface area contributed by atoms with Crippen molar-refractivity contribution in [1.29, 1.82) is 0 Å². The average molecular weight is 208 g/mol. The number of benzene rings is 1. The van der Waals surface area contributed by atoms with Gasteiger partial charge in [0.25, 0.3) is 0 Å². The first-order valence-electron chi connectivity index (χ1n) is 5.13. The van der Waals surface area contributed by atoms with Crippen LogP contribution in [0.4, 0.5) is 0 Å². The smallest absolute Gasteiger partial charge is 0.152 e. The second kappa shape index (κ2) is 3.95. The van der Waals surface area contributed by atoms with Crippen molar-refractivity contribution in [2.24, 2.45) is 5.41 Å². The fourth-order valence-corrected chi connectivity index (χ4v) is 3.45. The summed E-state index contributed by atoms with van der Waals surface area (Å²) in [6.45, 7) is 2.25. The molecule has 0 saturated heterocycles. The van der Waals surface area contributed by atoms with E-state index >= 15 is 0 Å². The van der Waals surface area contributed by atoms with E-state index in [0.29, 0.717) is 5.41 Å². The molecular formula is C12H16OS. The lowest BCUT2D eigenvalue weighted by Gasteiger charge is -2.37. The van der Waals surface area contributed by atoms with Gasteiger partial charge in [-0.15, -0.1) is 0 Å². The standard InChI is InChI=1S/C12H16OS/c1-12(8-5-9-12)10-14(13)11-6-3-2-4-7-11/h2-4,6-7H,5,8-10H2,1H3. The number of hydrogen-bond donors (Lipinski definition) is 0. The Hall–Kier alpha value is -0.470. The number of rotatable bonds is 3. The normalized spacial score (nSPS) is 21.3. The molecule has 1 nitrogen and oxygen atoms in total. The van der Waals surface area contributed by atoms with Gasteiger partial charge < -0.3 is 4.55 Å². The summed E-state index contributed by atoms with van der Waals surface area (Å²) in [4.78, 5) is 0.973. The number of hydrogen-bond acceptors (Lipinski definition) is 1. The molecule has 0 N–H and O–H groups in total. The van der Waals surface area contributed by atoms with Crippen LogP contribution in [0.25, 0.3) is 0 Å². The van der Waals surface area contributed by atoms with Gasteiger partial charge in [-0.3, -0.25) is 0 Å². The molecule has 76 valence electrons. The van der Waals surface area contributed by atoms with E-state index in [4.69, 9.17) is 0 Å². The predicted molar refractivity (Wildman–Crippen MR) is 59.7 cm³/mol. The van der Waals surface area contributed by atoms with Gasteiger partial charge in [-0.05, 0) is 36.2 Å². The Morgan fingerprint density at radius 1 is 1.29 bits per heavy atom. The SMILES string of the molecule is CC1(C[S+]([O-])c2ccccc2)CCC1. The topological polar surface area (TPSA) is 23.1 Å². The predicted octanol–water partition coefficient (Wildman–Crippen LogP) is 2.98. The van der Waals surface area contributed by atoms with Crippen LogP contribution in [-0.4, -0.2) is 10.3 Å². The third-order valence-electron chi connectivity index (χ3n) is 3.05. The Balaban J connectivity index is 1.99. The second-order valence-corrected chi connectivity index (χ2v) is 5.92. The molecule has 1 unspecified atom stereocenters. The summed E-state index contributed by atoms with van der Waals surface area (Å²) < 4.78 is 12.0. The van der Waals surface area contributed by atoms with Crippen LogP contribution in [0.1, 0.15) is 26.2 Å². The van der Waals surface area contributed by atoms with Gasteiger partial charge in [0, 0.05) is 5.41 Å². The zero-order chi connectivity index (χ0) is 10.0. The van der Waals surface area contributed by atoms with Crippen LogP contribution in [-0.2, 0) is 11.2 Å². The lowest BCUT2D eigenvalue weighted by molar-refractivity contribution is 0.194. The molecule has 0 radical (unpaired) electrons. The molecule has 0 aliphatic heterocycles. The minimum Gasteiger partial charge on any atom is -0.611 e. The highest BCUT2D eigenvalue weighted by molar-refractivity contribution is 7.91. The molecular weight excluding hydrogens is 192 g/mol. The van der Waals surface area contributed by atoms with Crippen molar-refractivity contribution >= 4 is 11.2 Å². The van der Waals surface area contributed by atoms with E-state index in [0.717, 1.165) is 10.6 Å². The summed E-state index contributed by atoms with van der Waals surface area (Å²) in [5.74, 6) is 0.830. The van der Waals surface area contributed by atoms with Gasteiger partial charge in [0.1, 0.15) is 5.75 Å². The first-order valence-corrected chi connectivity index (χ1v) is 6.45. The molecule has 2 rings (SSSR count). The van der Waals surface area contributed by atoms with Crippen molar-refractivity contribution in [3.8, 4) is 0 Å². The molecule has 0 bridgehead atoms. The Bertz CT molecular complexity index is 292. The molecule has 1 aromatic rings. The summed E-state index contributed by atoms with van der Waals surface area (Å²) in [5, 5.41) is 0. The van der Waals surface area contributed by atoms with Crippen LogP contribution in [0.2, 0.25) is 0 Å². The maximum absolute atomic E-state index is 12.0. The van der Waals surface area contributed by atoms with Crippen LogP contribution in [0.3, 0.4) is 0 Å². The summed E-state index contributed by atoms with van der Waals surface area (Å²) in [6.07, 6.45) is 3.79. The fourth-order valence-electron chi connectivity index (χ4n) is 1.90. The van der Waals surface area contributed by atoms with Gasteiger partial charge in [0.2, 0.25) is 0 Å². The molecule has 0 aromatic heterocycles. The lowest BCUT2D eigenvalue weighted by atomic mass is 9.72. The van der Waals surface area contributed by atoms with E-state index in [2.05, 4.69) is 6.92 Å². The molecule has 0 amide bonds. The van der Waals surface area contributed by atoms with Crippen molar-refractivity contribution in [2.75, 3.05) is 5.75 Å². The molecule has 0 heterocycles. The summed E-state index contributed by atoms with van der Waals surface area (Å²) >= 11 is -0.801. The third-order valence-corrected chi connectivity index (χ3v) is 4.80. The van der Waals surface area contributed by atoms with Crippen LogP contribution in [0.5, 0.6) is 0 Å². The van der Waals surface area contributed by atoms with Crippen LogP contribution in [0, 0.1) is 5.41 Å². The molecule has 1 atom stereocenters. The first-order chi connectivity index (χ1) is 6.70. The Labute approximate surface area is 88.7 Å². The van der Waals surface area contributed by atoms with E-state index in [1.54, 1.807) is 0 Å². The van der Waals surface area contributed by atoms with E-state index < -0.39 is 11.2 Å². The molecule has 1 aromatic carbocycles. The zero-order valence-electron chi connectivity index (χ0n) is 8.53. The van der Waals surface area contributed by atoms with Crippen LogP contribution >= 0.6 is 0 Å². The van der Waals surface area contributed by atoms with Crippen molar-refractivity contribution in [3.05, 3.63) is 30.3 Å².